The minimum atomic E-state index is -2.82. The zero-order valence-electron chi connectivity index (χ0n) is 13.7. The Bertz CT molecular complexity index is 733. The lowest BCUT2D eigenvalue weighted by atomic mass is 10.0. The van der Waals surface area contributed by atoms with Gasteiger partial charge < -0.3 is 10.6 Å². The molecule has 2 aromatic carbocycles. The predicted octanol–water partition coefficient (Wildman–Crippen LogP) is 3.67. The fourth-order valence-electron chi connectivity index (χ4n) is 2.87. The molecule has 2 N–H and O–H groups in total. The number of fused-ring (bicyclic) bond motifs is 1. The van der Waals surface area contributed by atoms with Crippen LogP contribution in [0.3, 0.4) is 0 Å². The van der Waals surface area contributed by atoms with Crippen molar-refractivity contribution in [1.29, 1.82) is 0 Å². The van der Waals surface area contributed by atoms with Gasteiger partial charge in [-0.25, -0.2) is 13.8 Å². The summed E-state index contributed by atoms with van der Waals surface area (Å²) in [4.78, 5) is 6.47. The zero-order chi connectivity index (χ0) is 17.2. The van der Waals surface area contributed by atoms with Crippen LogP contribution in [-0.2, 0) is 25.4 Å². The molecule has 1 aliphatic rings. The molecule has 24 heavy (non-hydrogen) atoms. The topological polar surface area (TPSA) is 41.6 Å². The number of nitrogens with two attached hydrogens (primary N) is 1. The predicted molar refractivity (Wildman–Crippen MR) is 91.9 cm³/mol. The van der Waals surface area contributed by atoms with Crippen LogP contribution in [0.5, 0.6) is 0 Å². The summed E-state index contributed by atoms with van der Waals surface area (Å²) in [7, 11) is 0. The van der Waals surface area contributed by atoms with Crippen LogP contribution in [0.4, 0.5) is 8.78 Å². The summed E-state index contributed by atoms with van der Waals surface area (Å²) in [6.45, 7) is 2.88. The monoisotopic (exact) mass is 329 g/mol. The van der Waals surface area contributed by atoms with Crippen LogP contribution in [0.2, 0.25) is 0 Å². The molecular formula is C19H21F2N3. The lowest BCUT2D eigenvalue weighted by Gasteiger charge is -2.29. The molecular weight excluding hydrogens is 308 g/mol. The molecule has 0 atom stereocenters. The molecule has 0 fully saturated rings. The SMILES string of the molecule is CC(F)(F)c1ccc(CN=C(N)N2CCc3ccccc3C2)cc1. The minimum absolute atomic E-state index is 0.0100. The van der Waals surface area contributed by atoms with E-state index >= 15 is 0 Å². The number of guanidine groups is 1. The summed E-state index contributed by atoms with van der Waals surface area (Å²) in [5, 5.41) is 0. The Kier molecular flexibility index (Phi) is 4.51. The van der Waals surface area contributed by atoms with Crippen molar-refractivity contribution in [3.8, 4) is 0 Å². The van der Waals surface area contributed by atoms with E-state index in [0.29, 0.717) is 12.5 Å². The molecule has 2 aromatic rings. The van der Waals surface area contributed by atoms with Gasteiger partial charge in [0.25, 0.3) is 5.92 Å². The average molecular weight is 329 g/mol. The molecule has 0 saturated carbocycles. The van der Waals surface area contributed by atoms with Crippen LogP contribution < -0.4 is 5.73 Å². The number of hydrogen-bond donors (Lipinski definition) is 1. The highest BCUT2D eigenvalue weighted by Crippen LogP contribution is 2.26. The van der Waals surface area contributed by atoms with E-state index in [1.807, 2.05) is 6.07 Å². The van der Waals surface area contributed by atoms with Crippen molar-refractivity contribution in [1.82, 2.24) is 4.90 Å². The Morgan fingerprint density at radius 1 is 1.12 bits per heavy atom. The third-order valence-electron chi connectivity index (χ3n) is 4.34. The van der Waals surface area contributed by atoms with E-state index in [0.717, 1.165) is 32.0 Å². The van der Waals surface area contributed by atoms with Crippen LogP contribution in [0.1, 0.15) is 29.2 Å². The van der Waals surface area contributed by atoms with E-state index in [1.165, 1.54) is 23.3 Å². The van der Waals surface area contributed by atoms with Gasteiger partial charge in [-0.05, 0) is 23.1 Å². The molecule has 0 amide bonds. The van der Waals surface area contributed by atoms with Crippen molar-refractivity contribution in [3.63, 3.8) is 0 Å². The lowest BCUT2D eigenvalue weighted by molar-refractivity contribution is 0.0174. The van der Waals surface area contributed by atoms with Gasteiger partial charge in [0.05, 0.1) is 6.54 Å². The van der Waals surface area contributed by atoms with E-state index in [9.17, 15) is 8.78 Å². The molecule has 0 spiro atoms. The number of nitrogens with zero attached hydrogens (tertiary/aromatic N) is 2. The van der Waals surface area contributed by atoms with E-state index in [4.69, 9.17) is 5.73 Å². The van der Waals surface area contributed by atoms with Crippen molar-refractivity contribution >= 4 is 5.96 Å². The first kappa shape index (κ1) is 16.4. The van der Waals surface area contributed by atoms with Crippen LogP contribution in [0.15, 0.2) is 53.5 Å². The maximum absolute atomic E-state index is 13.2. The maximum atomic E-state index is 13.2. The second-order valence-corrected chi connectivity index (χ2v) is 6.20. The molecule has 0 saturated heterocycles. The molecule has 3 rings (SSSR count). The molecule has 0 unspecified atom stereocenters. The second kappa shape index (κ2) is 6.59. The number of aliphatic imine (C=N–C) groups is 1. The molecule has 126 valence electrons. The molecule has 3 nitrogen and oxygen atoms in total. The fourth-order valence-corrected chi connectivity index (χ4v) is 2.87. The second-order valence-electron chi connectivity index (χ2n) is 6.20. The zero-order valence-corrected chi connectivity index (χ0v) is 13.7. The van der Waals surface area contributed by atoms with Gasteiger partial charge >= 0.3 is 0 Å². The highest BCUT2D eigenvalue weighted by molar-refractivity contribution is 5.78. The van der Waals surface area contributed by atoms with Gasteiger partial charge in [0.15, 0.2) is 5.96 Å². The van der Waals surface area contributed by atoms with Gasteiger partial charge in [0.2, 0.25) is 0 Å². The summed E-state index contributed by atoms with van der Waals surface area (Å²) in [5.41, 5.74) is 9.62. The molecule has 0 aliphatic carbocycles. The minimum Gasteiger partial charge on any atom is -0.370 e. The van der Waals surface area contributed by atoms with Crippen molar-refractivity contribution in [2.75, 3.05) is 6.54 Å². The largest absolute Gasteiger partial charge is 0.370 e. The van der Waals surface area contributed by atoms with E-state index in [-0.39, 0.29) is 5.56 Å². The fraction of sp³-hybridized carbons (Fsp3) is 0.316. The summed E-state index contributed by atoms with van der Waals surface area (Å²) < 4.78 is 26.4. The Morgan fingerprint density at radius 2 is 1.79 bits per heavy atom. The van der Waals surface area contributed by atoms with Crippen LogP contribution in [-0.4, -0.2) is 17.4 Å². The van der Waals surface area contributed by atoms with Crippen LogP contribution in [0, 0.1) is 0 Å². The Morgan fingerprint density at radius 3 is 2.46 bits per heavy atom. The molecule has 0 radical (unpaired) electrons. The Balaban J connectivity index is 1.65. The van der Waals surface area contributed by atoms with E-state index < -0.39 is 5.92 Å². The number of alkyl halides is 2. The van der Waals surface area contributed by atoms with Crippen molar-refractivity contribution in [2.24, 2.45) is 10.7 Å². The van der Waals surface area contributed by atoms with Crippen LogP contribution >= 0.6 is 0 Å². The molecule has 1 aliphatic heterocycles. The van der Waals surface area contributed by atoms with Crippen LogP contribution in [0.25, 0.3) is 0 Å². The van der Waals surface area contributed by atoms with Gasteiger partial charge in [-0.3, -0.25) is 0 Å². The first-order valence-corrected chi connectivity index (χ1v) is 8.02. The third-order valence-corrected chi connectivity index (χ3v) is 4.34. The van der Waals surface area contributed by atoms with Gasteiger partial charge in [0.1, 0.15) is 0 Å². The third kappa shape index (κ3) is 3.72. The summed E-state index contributed by atoms with van der Waals surface area (Å²) in [6.07, 6.45) is 0.951. The van der Waals surface area contributed by atoms with Crippen molar-refractivity contribution in [3.05, 3.63) is 70.8 Å². The van der Waals surface area contributed by atoms with Gasteiger partial charge in [-0.1, -0.05) is 48.5 Å². The molecule has 0 aromatic heterocycles. The van der Waals surface area contributed by atoms with E-state index in [1.54, 1.807) is 12.1 Å². The standard InChI is InChI=1S/C19H21F2N3/c1-19(20,21)17-8-6-14(7-9-17)12-23-18(22)24-11-10-15-4-2-3-5-16(15)13-24/h2-9H,10-13H2,1H3,(H2,22,23). The van der Waals surface area contributed by atoms with Gasteiger partial charge in [-0.15, -0.1) is 0 Å². The molecule has 0 bridgehead atoms. The molecule has 1 heterocycles. The first-order chi connectivity index (χ1) is 11.4. The lowest BCUT2D eigenvalue weighted by Crippen LogP contribution is -2.40. The smallest absolute Gasteiger partial charge is 0.270 e. The summed E-state index contributed by atoms with van der Waals surface area (Å²) in [5.74, 6) is -2.32. The summed E-state index contributed by atoms with van der Waals surface area (Å²) in [6, 6.07) is 14.6. The number of benzene rings is 2. The van der Waals surface area contributed by atoms with Crippen molar-refractivity contribution < 1.29 is 8.78 Å². The normalized spacial score (nSPS) is 15.3. The number of halogens is 2. The quantitative estimate of drug-likeness (QED) is 0.689. The molecule has 5 heteroatoms. The van der Waals surface area contributed by atoms with Gasteiger partial charge in [-0.2, -0.15) is 0 Å². The first-order valence-electron chi connectivity index (χ1n) is 8.02. The summed E-state index contributed by atoms with van der Waals surface area (Å²) >= 11 is 0. The van der Waals surface area contributed by atoms with Gasteiger partial charge in [0, 0.05) is 25.6 Å². The van der Waals surface area contributed by atoms with E-state index in [2.05, 4.69) is 28.1 Å². The average Bonchev–Trinajstić information content (AvgIpc) is 2.59. The number of rotatable bonds is 3. The number of hydrogen-bond acceptors (Lipinski definition) is 1. The Hall–Kier alpha value is -2.43. The highest BCUT2D eigenvalue weighted by atomic mass is 19.3. The maximum Gasteiger partial charge on any atom is 0.270 e. The highest BCUT2D eigenvalue weighted by Gasteiger charge is 2.23. The Labute approximate surface area is 140 Å². The van der Waals surface area contributed by atoms with Crippen molar-refractivity contribution in [2.45, 2.75) is 32.4 Å².